The third-order valence-corrected chi connectivity index (χ3v) is 7.09. The van der Waals surface area contributed by atoms with Gasteiger partial charge in [0.15, 0.2) is 11.9 Å². The number of benzene rings is 2. The second kappa shape index (κ2) is 9.16. The Morgan fingerprint density at radius 3 is 1.91 bits per heavy atom. The number of aliphatic hydroxyl groups is 3. The molecule has 0 aromatic heterocycles. The fraction of sp³-hybridized carbons (Fsp3) is 0.500. The highest BCUT2D eigenvalue weighted by atomic mass is 16.8. The molecule has 0 radical (unpaired) electrons. The van der Waals surface area contributed by atoms with Crippen molar-refractivity contribution in [2.45, 2.75) is 80.4 Å². The Balaban J connectivity index is 1.44. The van der Waals surface area contributed by atoms with Gasteiger partial charge in [0.05, 0.1) is 0 Å². The summed E-state index contributed by atoms with van der Waals surface area (Å²) in [5, 5.41) is 31.9. The molecule has 0 bridgehead atoms. The molecule has 3 N–H and O–H groups in total. The minimum Gasteiger partial charge on any atom is -0.456 e. The van der Waals surface area contributed by atoms with Crippen molar-refractivity contribution in [3.05, 3.63) is 71.8 Å². The molecule has 33 heavy (non-hydrogen) atoms. The van der Waals surface area contributed by atoms with E-state index in [1.807, 2.05) is 60.7 Å². The van der Waals surface area contributed by atoms with Crippen molar-refractivity contribution in [2.75, 3.05) is 0 Å². The quantitative estimate of drug-likeness (QED) is 0.609. The van der Waals surface area contributed by atoms with Gasteiger partial charge in [0.2, 0.25) is 0 Å². The number of hydrogen-bond donors (Lipinski definition) is 3. The number of fused-ring (bicyclic) bond motifs is 1. The van der Waals surface area contributed by atoms with Crippen molar-refractivity contribution in [2.24, 2.45) is 0 Å². The van der Waals surface area contributed by atoms with E-state index < -0.39 is 54.3 Å². The maximum atomic E-state index is 13.5. The van der Waals surface area contributed by atoms with Crippen LogP contribution < -0.4 is 0 Å². The smallest absolute Gasteiger partial charge is 0.318 e. The molecule has 1 aliphatic heterocycles. The van der Waals surface area contributed by atoms with Gasteiger partial charge in [-0.3, -0.25) is 4.79 Å². The summed E-state index contributed by atoms with van der Waals surface area (Å²) in [6.45, 7) is 0. The number of carbonyl (C=O) groups excluding carboxylic acids is 1. The predicted octanol–water partition coefficient (Wildman–Crippen LogP) is 2.27. The number of esters is 1. The number of ether oxygens (including phenoxy) is 3. The monoisotopic (exact) mass is 454 g/mol. The third-order valence-electron chi connectivity index (χ3n) is 7.09. The molecule has 2 aromatic rings. The second-order valence-corrected chi connectivity index (χ2v) is 9.26. The first-order chi connectivity index (χ1) is 16.0. The van der Waals surface area contributed by atoms with E-state index in [1.165, 1.54) is 0 Å². The van der Waals surface area contributed by atoms with E-state index in [-0.39, 0.29) is 0 Å². The molecule has 2 aromatic carbocycles. The van der Waals surface area contributed by atoms with Gasteiger partial charge in [0, 0.05) is 12.8 Å². The Kier molecular flexibility index (Phi) is 6.24. The van der Waals surface area contributed by atoms with Crippen molar-refractivity contribution >= 4 is 5.97 Å². The van der Waals surface area contributed by atoms with E-state index in [2.05, 4.69) is 0 Å². The number of rotatable bonds is 4. The van der Waals surface area contributed by atoms with Crippen molar-refractivity contribution < 1.29 is 34.3 Å². The van der Waals surface area contributed by atoms with Crippen LogP contribution in [0.25, 0.3) is 0 Å². The lowest BCUT2D eigenvalue weighted by Gasteiger charge is -2.41. The molecule has 3 aliphatic rings. The second-order valence-electron chi connectivity index (χ2n) is 9.26. The zero-order chi connectivity index (χ0) is 23.0. The van der Waals surface area contributed by atoms with E-state index in [4.69, 9.17) is 14.2 Å². The number of hydrogen-bond acceptors (Lipinski definition) is 7. The molecule has 2 aliphatic carbocycles. The van der Waals surface area contributed by atoms with E-state index in [0.717, 1.165) is 30.4 Å². The third kappa shape index (κ3) is 4.20. The van der Waals surface area contributed by atoms with Gasteiger partial charge in [0.1, 0.15) is 36.4 Å². The van der Waals surface area contributed by atoms with Crippen LogP contribution in [0.1, 0.15) is 49.1 Å². The Hall–Kier alpha value is -2.29. The molecule has 1 saturated heterocycles. The highest BCUT2D eigenvalue weighted by Gasteiger charge is 2.61. The largest absolute Gasteiger partial charge is 0.456 e. The Morgan fingerprint density at radius 1 is 0.788 bits per heavy atom. The lowest BCUT2D eigenvalue weighted by atomic mass is 9.84. The highest BCUT2D eigenvalue weighted by Crippen LogP contribution is 2.46. The fourth-order valence-corrected chi connectivity index (χ4v) is 5.38. The van der Waals surface area contributed by atoms with Crippen molar-refractivity contribution in [1.82, 2.24) is 0 Å². The summed E-state index contributed by atoms with van der Waals surface area (Å²) >= 11 is 0. The Bertz CT molecular complexity index is 904. The molecule has 1 spiro atoms. The lowest BCUT2D eigenvalue weighted by molar-refractivity contribution is -0.212. The molecular weight excluding hydrogens is 424 g/mol. The van der Waals surface area contributed by atoms with Crippen LogP contribution in [0.5, 0.6) is 0 Å². The topological polar surface area (TPSA) is 105 Å². The van der Waals surface area contributed by atoms with E-state index >= 15 is 0 Å². The zero-order valence-corrected chi connectivity index (χ0v) is 18.3. The van der Waals surface area contributed by atoms with Gasteiger partial charge in [-0.2, -0.15) is 0 Å². The average Bonchev–Trinajstić information content (AvgIpc) is 3.21. The fourth-order valence-electron chi connectivity index (χ4n) is 5.38. The van der Waals surface area contributed by atoms with Crippen LogP contribution >= 0.6 is 0 Å². The standard InChI is InChI=1S/C26H30O7/c27-19-20(28)22(24-23(21(19)29)32-26(33-24)14-8-3-9-15-26)31-25(30)18(16-10-4-1-5-11-16)17-12-6-2-7-13-17/h1-2,4-7,10-13,18-24,27-29H,3,8-9,14-15H2/t19-,20-,21+,22+,23+,24-/m1/s1. The predicted molar refractivity (Wildman–Crippen MR) is 118 cm³/mol. The minimum absolute atomic E-state index is 0.563. The molecule has 6 atom stereocenters. The molecule has 2 saturated carbocycles. The van der Waals surface area contributed by atoms with Gasteiger partial charge >= 0.3 is 5.97 Å². The van der Waals surface area contributed by atoms with Crippen LogP contribution in [0.2, 0.25) is 0 Å². The highest BCUT2D eigenvalue weighted by molar-refractivity contribution is 5.82. The molecule has 0 amide bonds. The first kappa shape index (κ1) is 22.5. The molecule has 3 fully saturated rings. The maximum Gasteiger partial charge on any atom is 0.318 e. The molecule has 5 rings (SSSR count). The van der Waals surface area contributed by atoms with Crippen LogP contribution in [-0.2, 0) is 19.0 Å². The minimum atomic E-state index is -1.52. The molecule has 7 heteroatoms. The van der Waals surface area contributed by atoms with Crippen LogP contribution in [-0.4, -0.2) is 63.7 Å². The van der Waals surface area contributed by atoms with Crippen LogP contribution in [0.3, 0.4) is 0 Å². The molecule has 1 heterocycles. The van der Waals surface area contributed by atoms with E-state index in [0.29, 0.717) is 12.8 Å². The summed E-state index contributed by atoms with van der Waals surface area (Å²) in [6, 6.07) is 18.6. The lowest BCUT2D eigenvalue weighted by Crippen LogP contribution is -2.63. The average molecular weight is 455 g/mol. The van der Waals surface area contributed by atoms with Gasteiger partial charge in [-0.15, -0.1) is 0 Å². The van der Waals surface area contributed by atoms with Crippen molar-refractivity contribution in [3.8, 4) is 0 Å². The van der Waals surface area contributed by atoms with Gasteiger partial charge in [0.25, 0.3) is 0 Å². The van der Waals surface area contributed by atoms with Crippen molar-refractivity contribution in [1.29, 1.82) is 0 Å². The number of carbonyl (C=O) groups is 1. The Morgan fingerprint density at radius 2 is 1.33 bits per heavy atom. The normalized spacial score (nSPS) is 33.1. The van der Waals surface area contributed by atoms with Gasteiger partial charge < -0.3 is 29.5 Å². The SMILES string of the molecule is O=C(O[C@H]1[C@H](O)[C@@H](O)[C@H](O)[C@@H]2OC3(CCCCC3)O[C@H]12)C(c1ccccc1)c1ccccc1. The molecule has 0 unspecified atom stereocenters. The molecule has 7 nitrogen and oxygen atoms in total. The van der Waals surface area contributed by atoms with Gasteiger partial charge in [-0.05, 0) is 24.0 Å². The summed E-state index contributed by atoms with van der Waals surface area (Å²) < 4.78 is 18.3. The zero-order valence-electron chi connectivity index (χ0n) is 18.3. The van der Waals surface area contributed by atoms with Crippen LogP contribution in [0, 0.1) is 0 Å². The molecular formula is C26H30O7. The summed E-state index contributed by atoms with van der Waals surface area (Å²) in [4.78, 5) is 13.5. The van der Waals surface area contributed by atoms with E-state index in [9.17, 15) is 20.1 Å². The van der Waals surface area contributed by atoms with Crippen LogP contribution in [0.4, 0.5) is 0 Å². The summed E-state index contributed by atoms with van der Waals surface area (Å²) in [7, 11) is 0. The van der Waals surface area contributed by atoms with Crippen LogP contribution in [0.15, 0.2) is 60.7 Å². The first-order valence-electron chi connectivity index (χ1n) is 11.7. The summed E-state index contributed by atoms with van der Waals surface area (Å²) in [5.74, 6) is -2.15. The maximum absolute atomic E-state index is 13.5. The van der Waals surface area contributed by atoms with Crippen molar-refractivity contribution in [3.63, 3.8) is 0 Å². The first-order valence-corrected chi connectivity index (χ1v) is 11.7. The Labute approximate surface area is 192 Å². The summed E-state index contributed by atoms with van der Waals surface area (Å²) in [6.07, 6.45) is -3.02. The summed E-state index contributed by atoms with van der Waals surface area (Å²) in [5.41, 5.74) is 1.51. The van der Waals surface area contributed by atoms with Gasteiger partial charge in [-0.25, -0.2) is 0 Å². The molecule has 176 valence electrons. The number of aliphatic hydroxyl groups excluding tert-OH is 3. The van der Waals surface area contributed by atoms with Gasteiger partial charge in [-0.1, -0.05) is 67.1 Å². The van der Waals surface area contributed by atoms with E-state index in [1.54, 1.807) is 0 Å².